The number of hydrogen-bond donors (Lipinski definition) is 1. The van der Waals surface area contributed by atoms with Crippen LogP contribution in [0.5, 0.6) is 0 Å². The average molecular weight is 236 g/mol. The molecule has 0 radical (unpaired) electrons. The molecule has 0 spiro atoms. The van der Waals surface area contributed by atoms with E-state index in [4.69, 9.17) is 0 Å². The third-order valence-corrected chi connectivity index (χ3v) is 4.81. The van der Waals surface area contributed by atoms with Crippen molar-refractivity contribution in [1.82, 2.24) is 10.2 Å². The van der Waals surface area contributed by atoms with Gasteiger partial charge >= 0.3 is 0 Å². The highest BCUT2D eigenvalue weighted by molar-refractivity contribution is 7.10. The molecular weight excluding hydrogens is 216 g/mol. The van der Waals surface area contributed by atoms with Crippen molar-refractivity contribution >= 4 is 11.3 Å². The van der Waals surface area contributed by atoms with Gasteiger partial charge in [-0.3, -0.25) is 4.90 Å². The van der Waals surface area contributed by atoms with Gasteiger partial charge in [0.2, 0.25) is 0 Å². The van der Waals surface area contributed by atoms with Gasteiger partial charge in [0.25, 0.3) is 0 Å². The highest BCUT2D eigenvalue weighted by Gasteiger charge is 2.25. The van der Waals surface area contributed by atoms with Crippen LogP contribution in [0.4, 0.5) is 0 Å². The van der Waals surface area contributed by atoms with Crippen LogP contribution in [-0.2, 0) is 6.42 Å². The van der Waals surface area contributed by atoms with E-state index in [1.54, 1.807) is 10.4 Å². The van der Waals surface area contributed by atoms with E-state index < -0.39 is 0 Å². The second kappa shape index (κ2) is 4.47. The molecule has 1 N–H and O–H groups in total. The molecule has 1 fully saturated rings. The molecule has 1 unspecified atom stereocenters. The summed E-state index contributed by atoms with van der Waals surface area (Å²) in [5.41, 5.74) is 1.57. The zero-order valence-electron chi connectivity index (χ0n) is 9.91. The van der Waals surface area contributed by atoms with Crippen LogP contribution >= 0.6 is 11.3 Å². The van der Waals surface area contributed by atoms with E-state index in [9.17, 15) is 0 Å². The Hall–Kier alpha value is -0.380. The van der Waals surface area contributed by atoms with Crippen LogP contribution in [0.1, 0.15) is 36.2 Å². The van der Waals surface area contributed by atoms with Crippen molar-refractivity contribution in [2.45, 2.75) is 38.3 Å². The highest BCUT2D eigenvalue weighted by atomic mass is 32.1. The van der Waals surface area contributed by atoms with E-state index in [2.05, 4.69) is 28.6 Å². The highest BCUT2D eigenvalue weighted by Crippen LogP contribution is 2.32. The summed E-state index contributed by atoms with van der Waals surface area (Å²) < 4.78 is 0. The molecule has 2 heterocycles. The predicted octanol–water partition coefficient (Wildman–Crippen LogP) is 2.42. The zero-order valence-corrected chi connectivity index (χ0v) is 10.7. The number of hydrogen-bond acceptors (Lipinski definition) is 3. The number of rotatable bonds is 4. The topological polar surface area (TPSA) is 15.3 Å². The molecule has 88 valence electrons. The van der Waals surface area contributed by atoms with Crippen molar-refractivity contribution < 1.29 is 0 Å². The average Bonchev–Trinajstić information content (AvgIpc) is 2.97. The molecular formula is C13H20N2S. The van der Waals surface area contributed by atoms with Crippen LogP contribution in [0.25, 0.3) is 0 Å². The Morgan fingerprint density at radius 1 is 1.50 bits per heavy atom. The van der Waals surface area contributed by atoms with Crippen LogP contribution in [0.15, 0.2) is 11.4 Å². The number of nitrogens with zero attached hydrogens (tertiary/aromatic N) is 1. The lowest BCUT2D eigenvalue weighted by Crippen LogP contribution is -2.38. The zero-order chi connectivity index (χ0) is 11.0. The normalized spacial score (nSPS) is 25.7. The first kappa shape index (κ1) is 10.8. The van der Waals surface area contributed by atoms with E-state index in [1.807, 2.05) is 11.3 Å². The van der Waals surface area contributed by atoms with Crippen LogP contribution in [0.2, 0.25) is 0 Å². The van der Waals surface area contributed by atoms with Gasteiger partial charge in [-0.1, -0.05) is 0 Å². The van der Waals surface area contributed by atoms with Crippen molar-refractivity contribution in [1.29, 1.82) is 0 Å². The molecule has 1 aromatic rings. The first-order valence-corrected chi connectivity index (χ1v) is 7.26. The van der Waals surface area contributed by atoms with Gasteiger partial charge in [0.15, 0.2) is 0 Å². The minimum atomic E-state index is 0.621. The Balaban J connectivity index is 1.56. The fourth-order valence-electron chi connectivity index (χ4n) is 2.57. The van der Waals surface area contributed by atoms with Crippen molar-refractivity contribution in [3.63, 3.8) is 0 Å². The van der Waals surface area contributed by atoms with Crippen LogP contribution in [0, 0.1) is 0 Å². The molecule has 1 aromatic heterocycles. The fraction of sp³-hybridized carbons (Fsp3) is 0.692. The summed E-state index contributed by atoms with van der Waals surface area (Å²) in [5.74, 6) is 0. The summed E-state index contributed by atoms with van der Waals surface area (Å²) in [6, 6.07) is 3.78. The minimum Gasteiger partial charge on any atom is -0.313 e. The van der Waals surface area contributed by atoms with E-state index in [1.165, 1.54) is 32.4 Å². The van der Waals surface area contributed by atoms with Crippen LogP contribution in [-0.4, -0.2) is 30.6 Å². The lowest BCUT2D eigenvalue weighted by Gasteiger charge is -2.33. The Labute approximate surface area is 102 Å². The van der Waals surface area contributed by atoms with E-state index in [-0.39, 0.29) is 0 Å². The Morgan fingerprint density at radius 3 is 3.19 bits per heavy atom. The Kier molecular flexibility index (Phi) is 3.01. The molecule has 1 atom stereocenters. The Bertz CT molecular complexity index is 357. The molecule has 16 heavy (non-hydrogen) atoms. The van der Waals surface area contributed by atoms with Gasteiger partial charge in [-0.2, -0.15) is 0 Å². The summed E-state index contributed by atoms with van der Waals surface area (Å²) in [6.07, 6.45) is 4.04. The molecule has 1 aliphatic carbocycles. The third-order valence-electron chi connectivity index (χ3n) is 3.81. The first-order valence-electron chi connectivity index (χ1n) is 6.38. The van der Waals surface area contributed by atoms with Crippen LogP contribution in [0.3, 0.4) is 0 Å². The summed E-state index contributed by atoms with van der Waals surface area (Å²) in [6.45, 7) is 5.95. The van der Waals surface area contributed by atoms with Gasteiger partial charge < -0.3 is 5.32 Å². The number of thiophene rings is 1. The van der Waals surface area contributed by atoms with E-state index in [0.29, 0.717) is 6.04 Å². The fourth-order valence-corrected chi connectivity index (χ4v) is 3.53. The molecule has 1 aliphatic heterocycles. The molecule has 0 saturated heterocycles. The molecule has 0 bridgehead atoms. The summed E-state index contributed by atoms with van der Waals surface area (Å²) in [7, 11) is 0. The second-order valence-electron chi connectivity index (χ2n) is 4.99. The summed E-state index contributed by atoms with van der Waals surface area (Å²) >= 11 is 1.93. The maximum Gasteiger partial charge on any atom is 0.0331 e. The minimum absolute atomic E-state index is 0.621. The van der Waals surface area contributed by atoms with E-state index >= 15 is 0 Å². The molecule has 0 amide bonds. The van der Waals surface area contributed by atoms with Gasteiger partial charge in [-0.25, -0.2) is 0 Å². The van der Waals surface area contributed by atoms with Gasteiger partial charge in [0, 0.05) is 36.6 Å². The van der Waals surface area contributed by atoms with E-state index in [0.717, 1.165) is 12.6 Å². The third kappa shape index (κ3) is 2.17. The summed E-state index contributed by atoms with van der Waals surface area (Å²) in [5, 5.41) is 5.85. The quantitative estimate of drug-likeness (QED) is 0.863. The predicted molar refractivity (Wildman–Crippen MR) is 69.0 cm³/mol. The standard InChI is InChI=1S/C13H20N2S/c1-10-12-5-9-16-13(12)4-7-15(10)8-6-14-11-2-3-11/h5,9-11,14H,2-4,6-8H2,1H3. The van der Waals surface area contributed by atoms with Gasteiger partial charge in [-0.15, -0.1) is 11.3 Å². The van der Waals surface area contributed by atoms with Crippen molar-refractivity contribution in [2.75, 3.05) is 19.6 Å². The second-order valence-corrected chi connectivity index (χ2v) is 5.99. The molecule has 2 nitrogen and oxygen atoms in total. The number of nitrogens with one attached hydrogen (secondary N) is 1. The van der Waals surface area contributed by atoms with Gasteiger partial charge in [0.05, 0.1) is 0 Å². The lowest BCUT2D eigenvalue weighted by atomic mass is 10.0. The van der Waals surface area contributed by atoms with Crippen LogP contribution < -0.4 is 5.32 Å². The molecule has 2 aliphatic rings. The first-order chi connectivity index (χ1) is 7.84. The smallest absolute Gasteiger partial charge is 0.0331 e. The monoisotopic (exact) mass is 236 g/mol. The maximum atomic E-state index is 3.60. The lowest BCUT2D eigenvalue weighted by molar-refractivity contribution is 0.200. The SMILES string of the molecule is CC1c2ccsc2CCN1CCNC1CC1. The maximum absolute atomic E-state index is 3.60. The molecule has 3 heteroatoms. The molecule has 3 rings (SSSR count). The summed E-state index contributed by atoms with van der Waals surface area (Å²) in [4.78, 5) is 4.23. The Morgan fingerprint density at radius 2 is 2.38 bits per heavy atom. The number of fused-ring (bicyclic) bond motifs is 1. The largest absolute Gasteiger partial charge is 0.313 e. The molecule has 0 aromatic carbocycles. The van der Waals surface area contributed by atoms with Crippen molar-refractivity contribution in [3.8, 4) is 0 Å². The van der Waals surface area contributed by atoms with Crippen molar-refractivity contribution in [2.24, 2.45) is 0 Å². The van der Waals surface area contributed by atoms with Crippen molar-refractivity contribution in [3.05, 3.63) is 21.9 Å². The van der Waals surface area contributed by atoms with Gasteiger partial charge in [-0.05, 0) is 43.2 Å². The van der Waals surface area contributed by atoms with Gasteiger partial charge in [0.1, 0.15) is 0 Å². The molecule has 1 saturated carbocycles.